The van der Waals surface area contributed by atoms with E-state index in [0.29, 0.717) is 6.54 Å². The van der Waals surface area contributed by atoms with E-state index < -0.39 is 11.5 Å². The molecule has 3 unspecified atom stereocenters. The molecule has 0 radical (unpaired) electrons. The van der Waals surface area contributed by atoms with Gasteiger partial charge < -0.3 is 5.11 Å². The van der Waals surface area contributed by atoms with Gasteiger partial charge in [-0.2, -0.15) is 0 Å². The molecule has 4 rings (SSSR count). The van der Waals surface area contributed by atoms with Gasteiger partial charge in [0.05, 0.1) is 18.1 Å². The van der Waals surface area contributed by atoms with E-state index in [2.05, 4.69) is 34.1 Å². The zero-order chi connectivity index (χ0) is 22.9. The summed E-state index contributed by atoms with van der Waals surface area (Å²) in [4.78, 5) is 32.2. The molecule has 0 aromatic heterocycles. The van der Waals surface area contributed by atoms with E-state index in [1.54, 1.807) is 0 Å². The smallest absolute Gasteiger partial charge is 0.235 e. The number of carbonyl (C=O) groups excluding carboxylic acids is 2. The zero-order valence-electron chi connectivity index (χ0n) is 19.7. The van der Waals surface area contributed by atoms with Crippen molar-refractivity contribution in [3.8, 4) is 0 Å². The van der Waals surface area contributed by atoms with Crippen molar-refractivity contribution >= 4 is 17.9 Å². The minimum absolute atomic E-state index is 0.0935. The largest absolute Gasteiger partial charge is 0.390 e. The van der Waals surface area contributed by atoms with Gasteiger partial charge in [-0.25, -0.2) is 0 Å². The third-order valence-electron chi connectivity index (χ3n) is 8.31. The van der Waals surface area contributed by atoms with Crippen LogP contribution in [0.25, 0.3) is 6.08 Å². The first-order chi connectivity index (χ1) is 15.2. The number of piperazine rings is 1. The number of benzene rings is 1. The van der Waals surface area contributed by atoms with Gasteiger partial charge in [-0.1, -0.05) is 63.3 Å². The molecule has 3 atom stereocenters. The van der Waals surface area contributed by atoms with Crippen LogP contribution in [-0.2, 0) is 9.59 Å². The fourth-order valence-electron chi connectivity index (χ4n) is 5.70. The predicted octanol–water partition coefficient (Wildman–Crippen LogP) is 2.49. The van der Waals surface area contributed by atoms with Crippen LogP contribution in [0.3, 0.4) is 0 Å². The van der Waals surface area contributed by atoms with Crippen LogP contribution in [0.4, 0.5) is 0 Å². The summed E-state index contributed by atoms with van der Waals surface area (Å²) in [6.07, 6.45) is 5.15. The van der Waals surface area contributed by atoms with Crippen LogP contribution in [0.15, 0.2) is 36.4 Å². The number of aliphatic hydroxyl groups is 1. The second-order valence-corrected chi connectivity index (χ2v) is 10.5. The highest BCUT2D eigenvalue weighted by Gasteiger charge is 2.64. The van der Waals surface area contributed by atoms with Gasteiger partial charge in [0.25, 0.3) is 0 Å². The van der Waals surface area contributed by atoms with Gasteiger partial charge in [0, 0.05) is 45.2 Å². The number of hydrogen-bond acceptors (Lipinski definition) is 5. The van der Waals surface area contributed by atoms with Crippen LogP contribution in [0.1, 0.15) is 39.2 Å². The molecule has 2 amide bonds. The van der Waals surface area contributed by atoms with Crippen LogP contribution in [0.2, 0.25) is 0 Å². The van der Waals surface area contributed by atoms with Gasteiger partial charge in [-0.05, 0) is 23.8 Å². The maximum Gasteiger partial charge on any atom is 0.235 e. The van der Waals surface area contributed by atoms with Crippen molar-refractivity contribution in [2.45, 2.75) is 39.7 Å². The second-order valence-electron chi connectivity index (χ2n) is 10.5. The van der Waals surface area contributed by atoms with E-state index in [9.17, 15) is 14.7 Å². The van der Waals surface area contributed by atoms with E-state index in [-0.39, 0.29) is 29.7 Å². The Morgan fingerprint density at radius 3 is 2.38 bits per heavy atom. The summed E-state index contributed by atoms with van der Waals surface area (Å²) in [5, 5.41) is 10.7. The molecule has 6 heteroatoms. The minimum atomic E-state index is -0.711. The fraction of sp³-hybridized carbons (Fsp3) is 0.615. The Bertz CT molecular complexity index is 860. The number of hydrogen-bond donors (Lipinski definition) is 1. The quantitative estimate of drug-likeness (QED) is 0.662. The van der Waals surface area contributed by atoms with Gasteiger partial charge in [0.15, 0.2) is 0 Å². The molecule has 2 aliphatic heterocycles. The van der Waals surface area contributed by atoms with Gasteiger partial charge in [0.2, 0.25) is 11.8 Å². The molecule has 0 spiro atoms. The van der Waals surface area contributed by atoms with Crippen molar-refractivity contribution in [2.24, 2.45) is 16.7 Å². The average Bonchev–Trinajstić information content (AvgIpc) is 2.97. The van der Waals surface area contributed by atoms with Crippen molar-refractivity contribution in [3.63, 3.8) is 0 Å². The Balaban J connectivity index is 1.24. The molecule has 2 bridgehead atoms. The number of amides is 2. The number of likely N-dealkylation sites (tertiary alicyclic amines) is 1. The molecular formula is C26H37N3O3. The normalized spacial score (nSPS) is 29.8. The maximum absolute atomic E-state index is 13.2. The van der Waals surface area contributed by atoms with Crippen LogP contribution >= 0.6 is 0 Å². The number of fused-ring (bicyclic) bond motifs is 2. The summed E-state index contributed by atoms with van der Waals surface area (Å²) in [6.45, 7) is 11.3. The monoisotopic (exact) mass is 439 g/mol. The lowest BCUT2D eigenvalue weighted by Gasteiger charge is -2.48. The molecule has 32 heavy (non-hydrogen) atoms. The highest BCUT2D eigenvalue weighted by molar-refractivity contribution is 6.03. The summed E-state index contributed by atoms with van der Waals surface area (Å²) in [7, 11) is 0. The lowest BCUT2D eigenvalue weighted by Crippen LogP contribution is -2.61. The van der Waals surface area contributed by atoms with Crippen molar-refractivity contribution in [2.75, 3.05) is 45.8 Å². The van der Waals surface area contributed by atoms with E-state index in [1.165, 1.54) is 10.5 Å². The zero-order valence-corrected chi connectivity index (χ0v) is 19.7. The highest BCUT2D eigenvalue weighted by Crippen LogP contribution is 2.60. The summed E-state index contributed by atoms with van der Waals surface area (Å²) >= 11 is 0. The van der Waals surface area contributed by atoms with E-state index >= 15 is 0 Å². The Hall–Kier alpha value is -2.02. The molecule has 1 aromatic carbocycles. The molecule has 3 fully saturated rings. The lowest BCUT2D eigenvalue weighted by atomic mass is 9.62. The first kappa shape index (κ1) is 23.1. The third kappa shape index (κ3) is 4.28. The summed E-state index contributed by atoms with van der Waals surface area (Å²) < 4.78 is 0. The van der Waals surface area contributed by atoms with E-state index in [0.717, 1.165) is 45.6 Å². The number of carbonyl (C=O) groups is 2. The molecular weight excluding hydrogens is 402 g/mol. The number of imide groups is 1. The van der Waals surface area contributed by atoms with E-state index in [4.69, 9.17) is 0 Å². The summed E-state index contributed by atoms with van der Waals surface area (Å²) in [6, 6.07) is 10.3. The van der Waals surface area contributed by atoms with Crippen molar-refractivity contribution < 1.29 is 14.7 Å². The molecule has 174 valence electrons. The van der Waals surface area contributed by atoms with Gasteiger partial charge in [-0.15, -0.1) is 0 Å². The number of aliphatic hydroxyl groups excluding tert-OH is 1. The molecule has 2 saturated heterocycles. The summed E-state index contributed by atoms with van der Waals surface area (Å²) in [5.41, 5.74) is 0.389. The predicted molar refractivity (Wildman–Crippen MR) is 126 cm³/mol. The van der Waals surface area contributed by atoms with Crippen LogP contribution in [-0.4, -0.2) is 83.5 Å². The molecule has 1 aromatic rings. The van der Waals surface area contributed by atoms with Crippen molar-refractivity contribution in [1.82, 2.24) is 14.7 Å². The van der Waals surface area contributed by atoms with E-state index in [1.807, 2.05) is 39.0 Å². The molecule has 1 aliphatic carbocycles. The van der Waals surface area contributed by atoms with Crippen LogP contribution in [0.5, 0.6) is 0 Å². The third-order valence-corrected chi connectivity index (χ3v) is 8.31. The molecule has 1 N–H and O–H groups in total. The number of rotatable bonds is 7. The SMILES string of the molecule is CC12CCC(C(=O)N(CC(O)CN3CCN(CC=Cc4ccccc4)CC3)C1=O)C2(C)C. The Morgan fingerprint density at radius 1 is 1.03 bits per heavy atom. The molecule has 6 nitrogen and oxygen atoms in total. The summed E-state index contributed by atoms with van der Waals surface area (Å²) in [5.74, 6) is -0.316. The second kappa shape index (κ2) is 9.08. The number of β-amino-alcohol motifs (C(OH)–C–C–N with tert-alkyl or cyclic N) is 1. The first-order valence-electron chi connectivity index (χ1n) is 11.9. The number of piperidine rings is 1. The van der Waals surface area contributed by atoms with Crippen LogP contribution in [0, 0.1) is 16.7 Å². The van der Waals surface area contributed by atoms with Gasteiger partial charge in [0.1, 0.15) is 0 Å². The standard InChI is InChI=1S/C26H37N3O3/c1-25(2)22-11-12-26(25,3)24(32)29(23(22)31)19-21(30)18-28-16-14-27(15-17-28)13-7-10-20-8-5-4-6-9-20/h4-10,21-22,30H,11-19H2,1-3H3. The average molecular weight is 440 g/mol. The van der Waals surface area contributed by atoms with Crippen molar-refractivity contribution in [1.29, 1.82) is 0 Å². The highest BCUT2D eigenvalue weighted by atomic mass is 16.3. The van der Waals surface area contributed by atoms with Gasteiger partial charge >= 0.3 is 0 Å². The number of nitrogens with zero attached hydrogens (tertiary/aromatic N) is 3. The Kier molecular flexibility index (Phi) is 6.57. The van der Waals surface area contributed by atoms with Crippen LogP contribution < -0.4 is 0 Å². The molecule has 2 heterocycles. The molecule has 1 saturated carbocycles. The molecule has 3 aliphatic rings. The fourth-order valence-corrected chi connectivity index (χ4v) is 5.70. The Morgan fingerprint density at radius 2 is 1.69 bits per heavy atom. The maximum atomic E-state index is 13.2. The topological polar surface area (TPSA) is 64.1 Å². The first-order valence-corrected chi connectivity index (χ1v) is 11.9. The van der Waals surface area contributed by atoms with Crippen molar-refractivity contribution in [3.05, 3.63) is 42.0 Å². The lowest BCUT2D eigenvalue weighted by molar-refractivity contribution is -0.169. The minimum Gasteiger partial charge on any atom is -0.390 e. The Labute approximate surface area is 191 Å². The van der Waals surface area contributed by atoms with Gasteiger partial charge in [-0.3, -0.25) is 24.3 Å².